The van der Waals surface area contributed by atoms with E-state index in [0.29, 0.717) is 15.0 Å². The van der Waals surface area contributed by atoms with Crippen LogP contribution in [0.4, 0.5) is 0 Å². The second-order valence-corrected chi connectivity index (χ2v) is 8.13. The zero-order chi connectivity index (χ0) is 11.8. The van der Waals surface area contributed by atoms with Crippen LogP contribution in [0.2, 0.25) is 5.32 Å². The maximum atomic E-state index is 2.36. The molecule has 1 aromatic carbocycles. The second-order valence-electron chi connectivity index (χ2n) is 4.01. The van der Waals surface area contributed by atoms with Gasteiger partial charge in [0.25, 0.3) is 0 Å². The number of hydrogen-bond donors (Lipinski definition) is 0. The fraction of sp³-hybridized carbons (Fsp3) is 0.429. The normalized spacial score (nSPS) is 12.1. The van der Waals surface area contributed by atoms with Crippen molar-refractivity contribution in [3.05, 3.63) is 39.7 Å². The van der Waals surface area contributed by atoms with E-state index < -0.39 is 0 Å². The van der Waals surface area contributed by atoms with Crippen LogP contribution in [-0.4, -0.2) is 20.7 Å². The van der Waals surface area contributed by atoms with Crippen LogP contribution >= 0.6 is 11.8 Å². The van der Waals surface area contributed by atoms with Crippen molar-refractivity contribution < 1.29 is 0 Å². The molecule has 16 heavy (non-hydrogen) atoms. The van der Waals surface area contributed by atoms with Gasteiger partial charge in [-0.15, -0.1) is 0 Å². The van der Waals surface area contributed by atoms with Crippen molar-refractivity contribution in [2.45, 2.75) is 26.1 Å². The van der Waals surface area contributed by atoms with Crippen LogP contribution < -0.4 is 0 Å². The molecule has 0 atom stereocenters. The van der Waals surface area contributed by atoms with E-state index in [1.165, 1.54) is 16.6 Å². The molecule has 0 saturated carbocycles. The van der Waals surface area contributed by atoms with Crippen LogP contribution in [0.3, 0.4) is 0 Å². The first-order valence-electron chi connectivity index (χ1n) is 5.74. The molecule has 0 nitrogen and oxygen atoms in total. The SMILES string of the molecule is CCS/C(=C\c1ccccc1)[Se]CC(C)C. The van der Waals surface area contributed by atoms with Crippen molar-refractivity contribution >= 4 is 32.8 Å². The van der Waals surface area contributed by atoms with E-state index in [4.69, 9.17) is 0 Å². The summed E-state index contributed by atoms with van der Waals surface area (Å²) >= 11 is 2.65. The summed E-state index contributed by atoms with van der Waals surface area (Å²) in [6, 6.07) is 10.7. The first-order chi connectivity index (χ1) is 7.72. The Hall–Kier alpha value is -0.171. The Kier molecular flexibility index (Phi) is 6.95. The van der Waals surface area contributed by atoms with Crippen molar-refractivity contribution in [3.8, 4) is 0 Å². The third kappa shape index (κ3) is 5.79. The Balaban J connectivity index is 2.65. The van der Waals surface area contributed by atoms with E-state index in [9.17, 15) is 0 Å². The van der Waals surface area contributed by atoms with Gasteiger partial charge in [0.1, 0.15) is 0 Å². The van der Waals surface area contributed by atoms with E-state index in [-0.39, 0.29) is 0 Å². The molecule has 0 aromatic heterocycles. The standard InChI is InChI=1S/C14H20SSe/c1-4-15-14(16-11-12(2)3)10-13-8-6-5-7-9-13/h5-10,12H,4,11H2,1-3H3/b14-10+. The number of benzene rings is 1. The number of hydrogen-bond acceptors (Lipinski definition) is 1. The molecule has 0 aliphatic rings. The van der Waals surface area contributed by atoms with Crippen LogP contribution in [0.15, 0.2) is 34.1 Å². The molecule has 0 radical (unpaired) electrons. The molecule has 2 heteroatoms. The van der Waals surface area contributed by atoms with Crippen LogP contribution in [-0.2, 0) is 0 Å². The van der Waals surface area contributed by atoms with Crippen LogP contribution in [0.5, 0.6) is 0 Å². The van der Waals surface area contributed by atoms with Gasteiger partial charge in [-0.3, -0.25) is 0 Å². The molecule has 88 valence electrons. The van der Waals surface area contributed by atoms with Crippen molar-refractivity contribution in [3.63, 3.8) is 0 Å². The average molecular weight is 299 g/mol. The summed E-state index contributed by atoms with van der Waals surface area (Å²) < 4.78 is 1.58. The van der Waals surface area contributed by atoms with E-state index in [2.05, 4.69) is 57.2 Å². The zero-order valence-electron chi connectivity index (χ0n) is 10.3. The maximum absolute atomic E-state index is 2.36. The summed E-state index contributed by atoms with van der Waals surface area (Å²) in [6.45, 7) is 6.84. The Labute approximate surface area is 110 Å². The molecule has 0 heterocycles. The van der Waals surface area contributed by atoms with E-state index in [1.807, 2.05) is 11.8 Å². The fourth-order valence-electron chi connectivity index (χ4n) is 1.20. The van der Waals surface area contributed by atoms with Gasteiger partial charge < -0.3 is 0 Å². The molecule has 1 rings (SSSR count). The van der Waals surface area contributed by atoms with Crippen LogP contribution in [0.25, 0.3) is 6.08 Å². The predicted molar refractivity (Wildman–Crippen MR) is 78.0 cm³/mol. The summed E-state index contributed by atoms with van der Waals surface area (Å²) in [5.74, 6) is 2.00. The predicted octanol–water partition coefficient (Wildman–Crippen LogP) is 4.52. The Morgan fingerprint density at radius 3 is 2.56 bits per heavy atom. The van der Waals surface area contributed by atoms with Gasteiger partial charge >= 0.3 is 110 Å². The minimum absolute atomic E-state index is 0.644. The molecule has 0 aliphatic heterocycles. The Morgan fingerprint density at radius 1 is 1.31 bits per heavy atom. The Bertz CT molecular complexity index is 317. The Morgan fingerprint density at radius 2 is 2.00 bits per heavy atom. The van der Waals surface area contributed by atoms with E-state index in [0.717, 1.165) is 5.92 Å². The first kappa shape index (κ1) is 13.9. The minimum atomic E-state index is 0.644. The van der Waals surface area contributed by atoms with Gasteiger partial charge in [-0.1, -0.05) is 0 Å². The van der Waals surface area contributed by atoms with Gasteiger partial charge in [0.15, 0.2) is 0 Å². The van der Waals surface area contributed by atoms with Gasteiger partial charge in [0.2, 0.25) is 0 Å². The molecule has 0 fully saturated rings. The molecule has 0 saturated heterocycles. The fourth-order valence-corrected chi connectivity index (χ4v) is 4.91. The molecule has 1 aromatic rings. The topological polar surface area (TPSA) is 0 Å². The van der Waals surface area contributed by atoms with Gasteiger partial charge in [-0.05, 0) is 0 Å². The van der Waals surface area contributed by atoms with Crippen molar-refractivity contribution in [2.24, 2.45) is 5.92 Å². The van der Waals surface area contributed by atoms with Gasteiger partial charge in [0.05, 0.1) is 0 Å². The first-order valence-corrected chi connectivity index (χ1v) is 8.80. The molecule has 0 bridgehead atoms. The molecular formula is C14H20SSe. The van der Waals surface area contributed by atoms with Crippen molar-refractivity contribution in [2.75, 3.05) is 5.75 Å². The molecular weight excluding hydrogens is 279 g/mol. The van der Waals surface area contributed by atoms with Crippen molar-refractivity contribution in [1.82, 2.24) is 0 Å². The molecule has 0 unspecified atom stereocenters. The molecule has 0 spiro atoms. The molecule has 0 N–H and O–H groups in total. The third-order valence-corrected chi connectivity index (χ3v) is 6.57. The second kappa shape index (κ2) is 8.00. The molecule has 0 aliphatic carbocycles. The molecule has 0 amide bonds. The monoisotopic (exact) mass is 300 g/mol. The third-order valence-electron chi connectivity index (χ3n) is 1.93. The average Bonchev–Trinajstić information content (AvgIpc) is 2.27. The van der Waals surface area contributed by atoms with E-state index >= 15 is 0 Å². The van der Waals surface area contributed by atoms with Crippen LogP contribution in [0.1, 0.15) is 26.3 Å². The van der Waals surface area contributed by atoms with Crippen LogP contribution in [0, 0.1) is 5.92 Å². The number of rotatable bonds is 6. The van der Waals surface area contributed by atoms with Crippen molar-refractivity contribution in [1.29, 1.82) is 0 Å². The van der Waals surface area contributed by atoms with Gasteiger partial charge in [-0.25, -0.2) is 0 Å². The number of thioether (sulfide) groups is 1. The summed E-state index contributed by atoms with van der Waals surface area (Å²) in [6.07, 6.45) is 2.36. The zero-order valence-corrected chi connectivity index (χ0v) is 12.8. The summed E-state index contributed by atoms with van der Waals surface area (Å²) in [5.41, 5.74) is 1.34. The van der Waals surface area contributed by atoms with Gasteiger partial charge in [0, 0.05) is 0 Å². The summed E-state index contributed by atoms with van der Waals surface area (Å²) in [4.78, 5) is 0. The quantitative estimate of drug-likeness (QED) is 0.696. The van der Waals surface area contributed by atoms with E-state index in [1.54, 1.807) is 3.80 Å². The summed E-state index contributed by atoms with van der Waals surface area (Å²) in [5, 5.41) is 1.35. The van der Waals surface area contributed by atoms with Gasteiger partial charge in [-0.2, -0.15) is 0 Å². The summed E-state index contributed by atoms with van der Waals surface area (Å²) in [7, 11) is 0.